The van der Waals surface area contributed by atoms with Gasteiger partial charge < -0.3 is 10.6 Å². The summed E-state index contributed by atoms with van der Waals surface area (Å²) in [6.07, 6.45) is 7.83. The second kappa shape index (κ2) is 11.4. The van der Waals surface area contributed by atoms with Crippen LogP contribution in [-0.4, -0.2) is 59.0 Å². The molecule has 0 bridgehead atoms. The number of aryl methyl sites for hydroxylation is 3. The molecule has 1 unspecified atom stereocenters. The van der Waals surface area contributed by atoms with Crippen LogP contribution >= 0.6 is 0 Å². The van der Waals surface area contributed by atoms with Crippen LogP contribution in [0.3, 0.4) is 0 Å². The average Bonchev–Trinajstić information content (AvgIpc) is 3.83. The number of aromatic amines is 1. The van der Waals surface area contributed by atoms with E-state index in [9.17, 15) is 13.8 Å². The number of hydrogen-bond donors (Lipinski definition) is 3. The van der Waals surface area contributed by atoms with Crippen molar-refractivity contribution in [1.82, 2.24) is 30.3 Å². The molecule has 2 aliphatic rings. The van der Waals surface area contributed by atoms with E-state index < -0.39 is 34.6 Å². The predicted molar refractivity (Wildman–Crippen MR) is 146 cm³/mol. The number of nitrogens with one attached hydrogen (secondary N) is 3. The number of carbonyl (C=O) groups is 2. The lowest BCUT2D eigenvalue weighted by atomic mass is 9.88. The Morgan fingerprint density at radius 3 is 2.54 bits per heavy atom. The topological polar surface area (TPSA) is 135 Å². The monoisotopic (exact) mass is 555 g/mol. The van der Waals surface area contributed by atoms with Crippen LogP contribution in [0.2, 0.25) is 0 Å². The van der Waals surface area contributed by atoms with E-state index in [2.05, 4.69) is 30.9 Å². The summed E-state index contributed by atoms with van der Waals surface area (Å²) in [6, 6.07) is 3.96. The first-order valence-corrected chi connectivity index (χ1v) is 15.1. The van der Waals surface area contributed by atoms with Crippen molar-refractivity contribution in [3.05, 3.63) is 47.4 Å². The quantitative estimate of drug-likeness (QED) is 0.294. The van der Waals surface area contributed by atoms with Crippen LogP contribution in [0, 0.1) is 30.6 Å². The summed E-state index contributed by atoms with van der Waals surface area (Å²) >= 11 is 0. The molecule has 2 saturated carbocycles. The van der Waals surface area contributed by atoms with Crippen LogP contribution in [0.5, 0.6) is 0 Å². The van der Waals surface area contributed by atoms with Crippen molar-refractivity contribution in [2.75, 3.05) is 17.3 Å². The van der Waals surface area contributed by atoms with Crippen molar-refractivity contribution in [2.45, 2.75) is 58.5 Å². The lowest BCUT2D eigenvalue weighted by molar-refractivity contribution is -0.119. The Labute approximate surface area is 229 Å². The molecular weight excluding hydrogens is 521 g/mol. The van der Waals surface area contributed by atoms with E-state index >= 15 is 4.39 Å². The van der Waals surface area contributed by atoms with Gasteiger partial charge in [-0.1, -0.05) is 6.92 Å². The molecule has 0 spiro atoms. The van der Waals surface area contributed by atoms with Crippen molar-refractivity contribution in [1.29, 1.82) is 0 Å². The molecule has 2 aliphatic carbocycles. The number of pyridine rings is 1. The zero-order chi connectivity index (χ0) is 27.7. The third-order valence-electron chi connectivity index (χ3n) is 7.55. The van der Waals surface area contributed by atoms with Crippen LogP contribution in [0.15, 0.2) is 24.4 Å². The highest BCUT2D eigenvalue weighted by Gasteiger charge is 2.48. The number of carbonyl (C=O) groups excluding carboxylic acids is 2. The van der Waals surface area contributed by atoms with E-state index in [0.717, 1.165) is 37.1 Å². The molecule has 3 N–H and O–H groups in total. The first kappa shape index (κ1) is 27.2. The Hall–Kier alpha value is -3.41. The maximum Gasteiger partial charge on any atom is 0.270 e. The van der Waals surface area contributed by atoms with Crippen molar-refractivity contribution in [3.63, 3.8) is 0 Å². The molecule has 0 aliphatic heterocycles. The first-order valence-electron chi connectivity index (χ1n) is 13.4. The number of nitrogens with zero attached hydrogens (tertiary/aromatic N) is 4. The average molecular weight is 556 g/mol. The molecule has 3 aromatic rings. The van der Waals surface area contributed by atoms with Crippen LogP contribution in [0.1, 0.15) is 54.5 Å². The van der Waals surface area contributed by atoms with Crippen molar-refractivity contribution in [3.8, 4) is 11.1 Å². The smallest absolute Gasteiger partial charge is 0.270 e. The molecular formula is C27H34FN7O3S. The summed E-state index contributed by atoms with van der Waals surface area (Å²) in [5, 5.41) is 17.0. The fourth-order valence-corrected chi connectivity index (χ4v) is 5.78. The molecule has 3 aromatic heterocycles. The number of anilines is 1. The van der Waals surface area contributed by atoms with Gasteiger partial charge in [0.1, 0.15) is 17.6 Å². The van der Waals surface area contributed by atoms with E-state index in [1.54, 1.807) is 24.5 Å². The largest absolute Gasteiger partial charge is 0.339 e. The minimum atomic E-state index is -1.03. The molecule has 2 amide bonds. The Balaban J connectivity index is 1.37. The van der Waals surface area contributed by atoms with Gasteiger partial charge in [-0.3, -0.25) is 23.6 Å². The molecule has 39 heavy (non-hydrogen) atoms. The van der Waals surface area contributed by atoms with Gasteiger partial charge in [-0.25, -0.2) is 4.98 Å². The van der Waals surface area contributed by atoms with Crippen LogP contribution < -0.4 is 10.6 Å². The molecule has 2 fully saturated rings. The lowest BCUT2D eigenvalue weighted by Gasteiger charge is -2.27. The Bertz CT molecular complexity index is 1380. The van der Waals surface area contributed by atoms with E-state index in [-0.39, 0.29) is 11.7 Å². The highest BCUT2D eigenvalue weighted by molar-refractivity contribution is 7.84. The number of amides is 2. The standard InChI is InChI=1S/C27H34FN7O3S/c1-4-19-22(15(2)33-34-19)18-9-10-21(30-25(18)28)31-27(37)24(23(16-5-6-16)17-7-8-17)32-26(36)20-11-12-29-35(20)13-14-39(3)38/h9-12,16-17,23-24H,4-8,13-14H2,1-3H3,(H,32,36)(H,33,34)(H,30,31,37)/t24-,39?/m0/s1. The molecule has 0 radical (unpaired) electrons. The summed E-state index contributed by atoms with van der Waals surface area (Å²) in [5.74, 6) is -0.359. The molecule has 208 valence electrons. The fourth-order valence-electron chi connectivity index (χ4n) is 5.35. The van der Waals surface area contributed by atoms with E-state index in [1.807, 2.05) is 13.8 Å². The number of halogens is 1. The molecule has 2 atom stereocenters. The second-order valence-corrected chi connectivity index (χ2v) is 12.0. The molecule has 3 heterocycles. The van der Waals surface area contributed by atoms with E-state index in [0.29, 0.717) is 47.4 Å². The van der Waals surface area contributed by atoms with Crippen molar-refractivity contribution in [2.24, 2.45) is 17.8 Å². The molecule has 0 saturated heterocycles. The number of hydrogen-bond acceptors (Lipinski definition) is 6. The first-order chi connectivity index (χ1) is 18.8. The SMILES string of the molecule is CCc1n[nH]c(C)c1-c1ccc(NC(=O)[C@@H](NC(=O)c2ccnn2CCS(C)=O)C(C2CC2)C2CC2)nc1F. The van der Waals surface area contributed by atoms with Gasteiger partial charge in [0.05, 0.1) is 12.2 Å². The van der Waals surface area contributed by atoms with Gasteiger partial charge in [0.25, 0.3) is 5.91 Å². The van der Waals surface area contributed by atoms with Gasteiger partial charge >= 0.3 is 0 Å². The Morgan fingerprint density at radius 1 is 1.21 bits per heavy atom. The van der Waals surface area contributed by atoms with Gasteiger partial charge in [0.15, 0.2) is 0 Å². The third kappa shape index (κ3) is 6.10. The maximum atomic E-state index is 15.2. The summed E-state index contributed by atoms with van der Waals surface area (Å²) < 4.78 is 28.2. The van der Waals surface area contributed by atoms with Gasteiger partial charge in [0.2, 0.25) is 11.9 Å². The Morgan fingerprint density at radius 2 is 1.92 bits per heavy atom. The fraction of sp³-hybridized carbons (Fsp3) is 0.519. The van der Waals surface area contributed by atoms with Gasteiger partial charge in [0, 0.05) is 45.8 Å². The van der Waals surface area contributed by atoms with Crippen LogP contribution in [0.4, 0.5) is 10.2 Å². The summed E-state index contributed by atoms with van der Waals surface area (Å²) in [4.78, 5) is 31.0. The van der Waals surface area contributed by atoms with E-state index in [4.69, 9.17) is 0 Å². The van der Waals surface area contributed by atoms with Gasteiger partial charge in [-0.15, -0.1) is 0 Å². The summed E-state index contributed by atoms with van der Waals surface area (Å²) in [6.45, 7) is 4.10. The molecule has 10 nitrogen and oxygen atoms in total. The number of rotatable bonds is 12. The number of aromatic nitrogens is 5. The van der Waals surface area contributed by atoms with Crippen LogP contribution in [-0.2, 0) is 28.6 Å². The minimum Gasteiger partial charge on any atom is -0.339 e. The highest BCUT2D eigenvalue weighted by atomic mass is 32.2. The summed E-state index contributed by atoms with van der Waals surface area (Å²) in [5.41, 5.74) is 2.79. The Kier molecular flexibility index (Phi) is 7.92. The summed E-state index contributed by atoms with van der Waals surface area (Å²) in [7, 11) is -1.03. The van der Waals surface area contributed by atoms with Gasteiger partial charge in [-0.05, 0) is 75.0 Å². The van der Waals surface area contributed by atoms with Crippen molar-refractivity contribution < 1.29 is 18.2 Å². The highest BCUT2D eigenvalue weighted by Crippen LogP contribution is 2.51. The zero-order valence-electron chi connectivity index (χ0n) is 22.4. The lowest BCUT2D eigenvalue weighted by Crippen LogP contribution is -2.50. The normalized spacial score (nSPS) is 16.7. The molecule has 0 aromatic carbocycles. The molecule has 5 rings (SSSR count). The minimum absolute atomic E-state index is 0.00159. The predicted octanol–water partition coefficient (Wildman–Crippen LogP) is 3.23. The van der Waals surface area contributed by atoms with Crippen molar-refractivity contribution >= 4 is 28.4 Å². The third-order valence-corrected chi connectivity index (χ3v) is 8.31. The van der Waals surface area contributed by atoms with Crippen LogP contribution in [0.25, 0.3) is 11.1 Å². The number of H-pyrrole nitrogens is 1. The molecule has 12 heteroatoms. The maximum absolute atomic E-state index is 15.2. The second-order valence-electron chi connectivity index (χ2n) is 10.5. The zero-order valence-corrected chi connectivity index (χ0v) is 23.2. The van der Waals surface area contributed by atoms with E-state index in [1.165, 1.54) is 10.9 Å². The van der Waals surface area contributed by atoms with Gasteiger partial charge in [-0.2, -0.15) is 14.6 Å².